The summed E-state index contributed by atoms with van der Waals surface area (Å²) in [5.74, 6) is -0.758. The lowest BCUT2D eigenvalue weighted by Gasteiger charge is -2.30. The van der Waals surface area contributed by atoms with E-state index >= 15 is 0 Å². The Morgan fingerprint density at radius 2 is 1.77 bits per heavy atom. The molecule has 2 aliphatic rings. The van der Waals surface area contributed by atoms with Crippen molar-refractivity contribution in [2.75, 3.05) is 11.9 Å². The number of nitrogens with zero attached hydrogens (tertiary/aromatic N) is 1. The minimum atomic E-state index is -3.85. The van der Waals surface area contributed by atoms with Crippen molar-refractivity contribution in [3.63, 3.8) is 0 Å². The van der Waals surface area contributed by atoms with Crippen molar-refractivity contribution in [3.8, 4) is 0 Å². The number of anilines is 1. The summed E-state index contributed by atoms with van der Waals surface area (Å²) in [5, 5.41) is 5.41. The number of carbonyl (C=O) groups excluding carboxylic acids is 3. The smallest absolute Gasteiger partial charge is 0.325 e. The van der Waals surface area contributed by atoms with Crippen molar-refractivity contribution >= 4 is 33.6 Å². The van der Waals surface area contributed by atoms with Gasteiger partial charge in [0.15, 0.2) is 0 Å². The van der Waals surface area contributed by atoms with E-state index in [0.29, 0.717) is 12.8 Å². The van der Waals surface area contributed by atoms with Gasteiger partial charge in [-0.1, -0.05) is 31.4 Å². The van der Waals surface area contributed by atoms with E-state index in [1.807, 2.05) is 0 Å². The predicted octanol–water partition coefficient (Wildman–Crippen LogP) is 2.35. The van der Waals surface area contributed by atoms with Crippen LogP contribution in [0.15, 0.2) is 29.2 Å². The zero-order valence-electron chi connectivity index (χ0n) is 18.2. The van der Waals surface area contributed by atoms with Crippen LogP contribution in [0.4, 0.5) is 10.5 Å². The normalized spacial score (nSPS) is 18.9. The van der Waals surface area contributed by atoms with Crippen molar-refractivity contribution in [1.29, 1.82) is 0 Å². The standard InChI is InChI=1S/C21H30N4O5S/c1-20(2,3)24-31(29,30)16-10-6-5-9-15(16)22-17(26)11-14-25-18(27)21(23-19(25)28)12-7-4-8-13-21/h5-6,9-10,24H,4,7-8,11-14H2,1-3H3,(H,22,26)(H,23,28). The zero-order chi connectivity index (χ0) is 22.9. The molecule has 31 heavy (non-hydrogen) atoms. The van der Waals surface area contributed by atoms with Crippen molar-refractivity contribution in [3.05, 3.63) is 24.3 Å². The summed E-state index contributed by atoms with van der Waals surface area (Å²) in [6.07, 6.45) is 3.91. The molecule has 1 heterocycles. The van der Waals surface area contributed by atoms with E-state index in [0.717, 1.165) is 24.2 Å². The average Bonchev–Trinajstić information content (AvgIpc) is 2.88. The highest BCUT2D eigenvalue weighted by atomic mass is 32.2. The SMILES string of the molecule is CC(C)(C)NS(=O)(=O)c1ccccc1NC(=O)CCN1C(=O)NC2(CCCCC2)C1=O. The highest BCUT2D eigenvalue weighted by Gasteiger charge is 2.51. The van der Waals surface area contributed by atoms with Crippen LogP contribution in [0.2, 0.25) is 0 Å². The molecular formula is C21H30N4O5S. The molecule has 1 aliphatic carbocycles. The number of imide groups is 1. The predicted molar refractivity (Wildman–Crippen MR) is 116 cm³/mol. The number of sulfonamides is 1. The molecule has 170 valence electrons. The van der Waals surface area contributed by atoms with Crippen LogP contribution in [-0.4, -0.2) is 48.8 Å². The summed E-state index contributed by atoms with van der Waals surface area (Å²) in [6.45, 7) is 5.11. The minimum Gasteiger partial charge on any atom is -0.325 e. The first-order chi connectivity index (χ1) is 14.4. The van der Waals surface area contributed by atoms with Gasteiger partial charge in [-0.05, 0) is 45.7 Å². The van der Waals surface area contributed by atoms with Crippen LogP contribution in [-0.2, 0) is 19.6 Å². The fourth-order valence-corrected chi connectivity index (χ4v) is 5.64. The Morgan fingerprint density at radius 3 is 2.42 bits per heavy atom. The van der Waals surface area contributed by atoms with Gasteiger partial charge in [-0.2, -0.15) is 0 Å². The van der Waals surface area contributed by atoms with Gasteiger partial charge in [0.1, 0.15) is 10.4 Å². The van der Waals surface area contributed by atoms with E-state index < -0.39 is 33.0 Å². The molecule has 0 bridgehead atoms. The van der Waals surface area contributed by atoms with Crippen LogP contribution in [0.5, 0.6) is 0 Å². The lowest BCUT2D eigenvalue weighted by molar-refractivity contribution is -0.132. The van der Waals surface area contributed by atoms with E-state index in [1.54, 1.807) is 32.9 Å². The average molecular weight is 451 g/mol. The van der Waals surface area contributed by atoms with Crippen LogP contribution in [0.3, 0.4) is 0 Å². The maximum atomic E-state index is 12.8. The first-order valence-electron chi connectivity index (χ1n) is 10.5. The number of hydrogen-bond acceptors (Lipinski definition) is 5. The maximum Gasteiger partial charge on any atom is 0.325 e. The fourth-order valence-electron chi connectivity index (χ4n) is 4.06. The molecule has 3 N–H and O–H groups in total. The van der Waals surface area contributed by atoms with Crippen molar-refractivity contribution in [1.82, 2.24) is 14.9 Å². The lowest BCUT2D eigenvalue weighted by Crippen LogP contribution is -2.48. The largest absolute Gasteiger partial charge is 0.325 e. The molecule has 10 heteroatoms. The molecule has 1 spiro atoms. The molecule has 1 saturated carbocycles. The quantitative estimate of drug-likeness (QED) is 0.574. The number of urea groups is 1. The van der Waals surface area contributed by atoms with E-state index in [-0.39, 0.29) is 29.5 Å². The monoisotopic (exact) mass is 450 g/mol. The van der Waals surface area contributed by atoms with Gasteiger partial charge in [0.05, 0.1) is 5.69 Å². The van der Waals surface area contributed by atoms with Crippen LogP contribution in [0.1, 0.15) is 59.3 Å². The lowest BCUT2D eigenvalue weighted by atomic mass is 9.82. The van der Waals surface area contributed by atoms with Gasteiger partial charge in [0, 0.05) is 18.5 Å². The number of amides is 4. The molecule has 2 fully saturated rings. The maximum absolute atomic E-state index is 12.8. The zero-order valence-corrected chi connectivity index (χ0v) is 19.0. The highest BCUT2D eigenvalue weighted by Crippen LogP contribution is 2.33. The molecule has 3 rings (SSSR count). The molecule has 1 aliphatic heterocycles. The van der Waals surface area contributed by atoms with Crippen LogP contribution >= 0.6 is 0 Å². The summed E-state index contributed by atoms with van der Waals surface area (Å²) in [6, 6.07) is 5.63. The number of para-hydroxylation sites is 1. The van der Waals surface area contributed by atoms with Crippen molar-refractivity contribution < 1.29 is 22.8 Å². The van der Waals surface area contributed by atoms with Gasteiger partial charge in [0.2, 0.25) is 15.9 Å². The molecule has 0 aromatic heterocycles. The molecular weight excluding hydrogens is 420 g/mol. The number of rotatable bonds is 6. The van der Waals surface area contributed by atoms with Gasteiger partial charge in [0.25, 0.3) is 5.91 Å². The Hall–Kier alpha value is -2.46. The first kappa shape index (κ1) is 23.2. The third kappa shape index (κ3) is 5.24. The summed E-state index contributed by atoms with van der Waals surface area (Å²) >= 11 is 0. The van der Waals surface area contributed by atoms with E-state index in [4.69, 9.17) is 0 Å². The number of benzene rings is 1. The number of carbonyl (C=O) groups is 3. The Balaban J connectivity index is 1.66. The Labute approximate surface area is 183 Å². The molecule has 1 aromatic carbocycles. The summed E-state index contributed by atoms with van der Waals surface area (Å²) in [4.78, 5) is 38.7. The molecule has 1 aromatic rings. The van der Waals surface area contributed by atoms with Gasteiger partial charge < -0.3 is 10.6 Å². The fraction of sp³-hybridized carbons (Fsp3) is 0.571. The topological polar surface area (TPSA) is 125 Å². The number of hydrogen-bond donors (Lipinski definition) is 3. The molecule has 4 amide bonds. The second kappa shape index (κ2) is 8.58. The van der Waals surface area contributed by atoms with Crippen LogP contribution in [0.25, 0.3) is 0 Å². The van der Waals surface area contributed by atoms with Crippen molar-refractivity contribution in [2.24, 2.45) is 0 Å². The van der Waals surface area contributed by atoms with Gasteiger partial charge in [-0.3, -0.25) is 14.5 Å². The molecule has 9 nitrogen and oxygen atoms in total. The van der Waals surface area contributed by atoms with Gasteiger partial charge in [-0.15, -0.1) is 0 Å². The molecule has 0 radical (unpaired) electrons. The highest BCUT2D eigenvalue weighted by molar-refractivity contribution is 7.89. The van der Waals surface area contributed by atoms with E-state index in [2.05, 4.69) is 15.4 Å². The molecule has 0 unspecified atom stereocenters. The van der Waals surface area contributed by atoms with Crippen LogP contribution in [0, 0.1) is 0 Å². The third-order valence-corrected chi connectivity index (χ3v) is 7.22. The summed E-state index contributed by atoms with van der Waals surface area (Å²) in [5.41, 5.74) is -1.37. The first-order valence-corrected chi connectivity index (χ1v) is 12.0. The second-order valence-electron chi connectivity index (χ2n) is 9.18. The number of nitrogens with one attached hydrogen (secondary N) is 3. The third-order valence-electron chi connectivity index (χ3n) is 5.41. The Kier molecular flexibility index (Phi) is 6.43. The Morgan fingerprint density at radius 1 is 1.13 bits per heavy atom. The minimum absolute atomic E-state index is 0.0468. The van der Waals surface area contributed by atoms with Crippen LogP contribution < -0.4 is 15.4 Å². The van der Waals surface area contributed by atoms with Gasteiger partial charge in [-0.25, -0.2) is 17.9 Å². The Bertz CT molecular complexity index is 978. The molecule has 1 saturated heterocycles. The van der Waals surface area contributed by atoms with E-state index in [9.17, 15) is 22.8 Å². The molecule has 0 atom stereocenters. The second-order valence-corrected chi connectivity index (χ2v) is 10.8. The van der Waals surface area contributed by atoms with Gasteiger partial charge >= 0.3 is 6.03 Å². The van der Waals surface area contributed by atoms with Crippen molar-refractivity contribution in [2.45, 2.75) is 75.3 Å². The summed E-state index contributed by atoms with van der Waals surface area (Å²) < 4.78 is 28.0. The summed E-state index contributed by atoms with van der Waals surface area (Å²) in [7, 11) is -3.85. The van der Waals surface area contributed by atoms with E-state index in [1.165, 1.54) is 12.1 Å².